The van der Waals surface area contributed by atoms with Crippen molar-refractivity contribution in [1.29, 1.82) is 5.26 Å². The van der Waals surface area contributed by atoms with Gasteiger partial charge < -0.3 is 4.74 Å². The van der Waals surface area contributed by atoms with E-state index in [0.717, 1.165) is 0 Å². The molecule has 0 fully saturated rings. The van der Waals surface area contributed by atoms with Crippen LogP contribution in [0.4, 0.5) is 5.69 Å². The Balaban J connectivity index is 3.41. The molecule has 0 heterocycles. The summed E-state index contributed by atoms with van der Waals surface area (Å²) in [5.74, 6) is 0.343. The SMILES string of the molecule is COc1cc(C#N)c([N+](=O)[O-])cc1S. The first-order chi connectivity index (χ1) is 6.60. The predicted octanol–water partition coefficient (Wildman–Crippen LogP) is 1.76. The number of methoxy groups -OCH3 is 1. The van der Waals surface area contributed by atoms with Gasteiger partial charge in [0, 0.05) is 12.1 Å². The molecule has 6 heteroatoms. The molecule has 1 aromatic carbocycles. The number of hydrogen-bond donors (Lipinski definition) is 1. The van der Waals surface area contributed by atoms with Crippen molar-refractivity contribution in [3.63, 3.8) is 0 Å². The van der Waals surface area contributed by atoms with Gasteiger partial charge in [-0.2, -0.15) is 5.26 Å². The molecule has 0 saturated heterocycles. The van der Waals surface area contributed by atoms with Gasteiger partial charge in [-0.3, -0.25) is 10.1 Å². The first-order valence-corrected chi connectivity index (χ1v) is 4.00. The van der Waals surface area contributed by atoms with E-state index in [-0.39, 0.29) is 11.3 Å². The lowest BCUT2D eigenvalue weighted by Gasteiger charge is -2.03. The Labute approximate surface area is 85.5 Å². The van der Waals surface area contributed by atoms with Gasteiger partial charge in [-0.25, -0.2) is 0 Å². The predicted molar refractivity (Wildman–Crippen MR) is 51.6 cm³/mol. The molecule has 0 radical (unpaired) electrons. The van der Waals surface area contributed by atoms with Crippen LogP contribution < -0.4 is 4.74 Å². The molecule has 0 saturated carbocycles. The zero-order chi connectivity index (χ0) is 10.7. The van der Waals surface area contributed by atoms with Gasteiger partial charge in [0.1, 0.15) is 17.4 Å². The molecule has 0 amide bonds. The average Bonchev–Trinajstić information content (AvgIpc) is 2.17. The summed E-state index contributed by atoms with van der Waals surface area (Å²) in [5, 5.41) is 19.2. The largest absolute Gasteiger partial charge is 0.496 e. The molecular formula is C8H6N2O3S. The molecule has 14 heavy (non-hydrogen) atoms. The number of hydrogen-bond acceptors (Lipinski definition) is 5. The minimum Gasteiger partial charge on any atom is -0.496 e. The summed E-state index contributed by atoms with van der Waals surface area (Å²) >= 11 is 3.99. The number of nitro groups is 1. The number of rotatable bonds is 2. The van der Waals surface area contributed by atoms with Crippen molar-refractivity contribution < 1.29 is 9.66 Å². The van der Waals surface area contributed by atoms with E-state index in [4.69, 9.17) is 10.00 Å². The third-order valence-electron chi connectivity index (χ3n) is 1.61. The summed E-state index contributed by atoms with van der Waals surface area (Å²) in [7, 11) is 1.40. The summed E-state index contributed by atoms with van der Waals surface area (Å²) in [4.78, 5) is 10.2. The normalized spacial score (nSPS) is 9.21. The highest BCUT2D eigenvalue weighted by Crippen LogP contribution is 2.30. The topological polar surface area (TPSA) is 76.2 Å². The Morgan fingerprint density at radius 1 is 1.64 bits per heavy atom. The van der Waals surface area contributed by atoms with Gasteiger partial charge in [-0.05, 0) is 0 Å². The van der Waals surface area contributed by atoms with Crippen molar-refractivity contribution >= 4 is 18.3 Å². The molecule has 1 aromatic rings. The second-order valence-corrected chi connectivity index (χ2v) is 2.89. The Bertz CT molecular complexity index is 425. The zero-order valence-electron chi connectivity index (χ0n) is 7.22. The first-order valence-electron chi connectivity index (χ1n) is 3.55. The molecule has 0 aromatic heterocycles. The van der Waals surface area contributed by atoms with Crippen LogP contribution in [0.1, 0.15) is 5.56 Å². The van der Waals surface area contributed by atoms with Crippen molar-refractivity contribution in [1.82, 2.24) is 0 Å². The summed E-state index contributed by atoms with van der Waals surface area (Å²) < 4.78 is 4.87. The van der Waals surface area contributed by atoms with Crippen LogP contribution in [0.3, 0.4) is 0 Å². The lowest BCUT2D eigenvalue weighted by molar-refractivity contribution is -0.385. The Morgan fingerprint density at radius 2 is 2.29 bits per heavy atom. The Hall–Kier alpha value is -1.74. The van der Waals surface area contributed by atoms with Gasteiger partial charge in [0.15, 0.2) is 0 Å². The van der Waals surface area contributed by atoms with E-state index in [9.17, 15) is 10.1 Å². The quantitative estimate of drug-likeness (QED) is 0.458. The maximum atomic E-state index is 10.5. The molecule has 0 atom stereocenters. The van der Waals surface area contributed by atoms with Crippen LogP contribution in [0.25, 0.3) is 0 Å². The van der Waals surface area contributed by atoms with E-state index in [2.05, 4.69) is 12.6 Å². The molecule has 0 unspecified atom stereocenters. The fraction of sp³-hybridized carbons (Fsp3) is 0.125. The molecule has 0 bridgehead atoms. The van der Waals surface area contributed by atoms with Crippen LogP contribution in [-0.2, 0) is 0 Å². The monoisotopic (exact) mass is 210 g/mol. The second-order valence-electron chi connectivity index (χ2n) is 2.41. The maximum absolute atomic E-state index is 10.5. The summed E-state index contributed by atoms with van der Waals surface area (Å²) in [6.07, 6.45) is 0. The number of nitriles is 1. The Kier molecular flexibility index (Phi) is 2.94. The average molecular weight is 210 g/mol. The minimum absolute atomic E-state index is 0.0374. The molecule has 0 aliphatic carbocycles. The lowest BCUT2D eigenvalue weighted by Crippen LogP contribution is -1.94. The van der Waals surface area contributed by atoms with E-state index in [1.165, 1.54) is 19.2 Å². The second kappa shape index (κ2) is 3.98. The van der Waals surface area contributed by atoms with Gasteiger partial charge in [0.2, 0.25) is 0 Å². The molecule has 1 rings (SSSR count). The third kappa shape index (κ3) is 1.78. The highest BCUT2D eigenvalue weighted by atomic mass is 32.1. The number of thiol groups is 1. The number of nitrogens with zero attached hydrogens (tertiary/aromatic N) is 2. The van der Waals surface area contributed by atoms with E-state index in [1.807, 2.05) is 0 Å². The molecular weight excluding hydrogens is 204 g/mol. The van der Waals surface area contributed by atoms with E-state index < -0.39 is 4.92 Å². The van der Waals surface area contributed by atoms with Crippen molar-refractivity contribution in [3.05, 3.63) is 27.8 Å². The highest BCUT2D eigenvalue weighted by Gasteiger charge is 2.16. The third-order valence-corrected chi connectivity index (χ3v) is 1.96. The molecule has 72 valence electrons. The van der Waals surface area contributed by atoms with Gasteiger partial charge in [-0.15, -0.1) is 12.6 Å². The van der Waals surface area contributed by atoms with Crippen molar-refractivity contribution in [2.45, 2.75) is 4.90 Å². The number of benzene rings is 1. The van der Waals surface area contributed by atoms with Crippen molar-refractivity contribution in [2.75, 3.05) is 7.11 Å². The number of nitro benzene ring substituents is 1. The van der Waals surface area contributed by atoms with Crippen LogP contribution in [0.2, 0.25) is 0 Å². The van der Waals surface area contributed by atoms with Gasteiger partial charge in [0.25, 0.3) is 5.69 Å². The van der Waals surface area contributed by atoms with E-state index in [0.29, 0.717) is 10.6 Å². The molecule has 0 spiro atoms. The van der Waals surface area contributed by atoms with Crippen LogP contribution >= 0.6 is 12.6 Å². The maximum Gasteiger partial charge on any atom is 0.288 e. The standard InChI is InChI=1S/C8H6N2O3S/c1-13-7-2-5(4-9)6(10(11)12)3-8(7)14/h2-3,14H,1H3. The van der Waals surface area contributed by atoms with Crippen LogP contribution in [0, 0.1) is 21.4 Å². The first kappa shape index (κ1) is 10.3. The minimum atomic E-state index is -0.627. The molecule has 5 nitrogen and oxygen atoms in total. The molecule has 0 aliphatic heterocycles. The highest BCUT2D eigenvalue weighted by molar-refractivity contribution is 7.80. The fourth-order valence-electron chi connectivity index (χ4n) is 0.961. The van der Waals surface area contributed by atoms with Crippen LogP contribution in [-0.4, -0.2) is 12.0 Å². The van der Waals surface area contributed by atoms with Gasteiger partial charge >= 0.3 is 0 Å². The van der Waals surface area contributed by atoms with Crippen molar-refractivity contribution in [2.24, 2.45) is 0 Å². The molecule has 0 N–H and O–H groups in total. The smallest absolute Gasteiger partial charge is 0.288 e. The number of ether oxygens (including phenoxy) is 1. The van der Waals surface area contributed by atoms with Crippen molar-refractivity contribution in [3.8, 4) is 11.8 Å². The van der Waals surface area contributed by atoms with Crippen LogP contribution in [0.5, 0.6) is 5.75 Å². The fourth-order valence-corrected chi connectivity index (χ4v) is 1.24. The summed E-state index contributed by atoms with van der Waals surface area (Å²) in [6, 6.07) is 4.21. The van der Waals surface area contributed by atoms with Gasteiger partial charge in [-0.1, -0.05) is 0 Å². The van der Waals surface area contributed by atoms with Crippen LogP contribution in [0.15, 0.2) is 17.0 Å². The lowest BCUT2D eigenvalue weighted by atomic mass is 10.2. The van der Waals surface area contributed by atoms with E-state index in [1.54, 1.807) is 6.07 Å². The van der Waals surface area contributed by atoms with Gasteiger partial charge in [0.05, 0.1) is 16.9 Å². The zero-order valence-corrected chi connectivity index (χ0v) is 8.12. The summed E-state index contributed by atoms with van der Waals surface area (Å²) in [5.41, 5.74) is -0.303. The van der Waals surface area contributed by atoms with E-state index >= 15 is 0 Å². The molecule has 0 aliphatic rings. The Morgan fingerprint density at radius 3 is 2.71 bits per heavy atom. The summed E-state index contributed by atoms with van der Waals surface area (Å²) in [6.45, 7) is 0.